The van der Waals surface area contributed by atoms with Crippen LogP contribution in [-0.4, -0.2) is 26.9 Å². The van der Waals surface area contributed by atoms with Gasteiger partial charge in [-0.05, 0) is 43.3 Å². The summed E-state index contributed by atoms with van der Waals surface area (Å²) in [5.41, 5.74) is 4.20. The monoisotopic (exact) mass is 388 g/mol. The first kappa shape index (κ1) is 18.3. The van der Waals surface area contributed by atoms with Gasteiger partial charge in [-0.25, -0.2) is 0 Å². The van der Waals surface area contributed by atoms with Gasteiger partial charge >= 0.3 is 0 Å². The van der Waals surface area contributed by atoms with Crippen LogP contribution in [0.5, 0.6) is 5.75 Å². The number of ether oxygens (including phenoxy) is 1. The Morgan fingerprint density at radius 1 is 0.964 bits per heavy atom. The van der Waals surface area contributed by atoms with Gasteiger partial charge in [-0.3, -0.25) is 9.55 Å². The van der Waals surface area contributed by atoms with Crippen LogP contribution < -0.4 is 4.74 Å². The van der Waals surface area contributed by atoms with E-state index in [0.717, 1.165) is 39.4 Å². The Morgan fingerprint density at radius 3 is 2.57 bits per heavy atom. The molecule has 140 valence electrons. The summed E-state index contributed by atoms with van der Waals surface area (Å²) in [6.45, 7) is 2.08. The summed E-state index contributed by atoms with van der Waals surface area (Å²) in [5.74, 6) is 2.30. The van der Waals surface area contributed by atoms with Crippen LogP contribution in [0.3, 0.4) is 0 Å². The molecule has 0 saturated carbocycles. The van der Waals surface area contributed by atoms with Crippen molar-refractivity contribution in [1.82, 2.24) is 19.7 Å². The molecule has 0 atom stereocenters. The van der Waals surface area contributed by atoms with E-state index >= 15 is 0 Å². The van der Waals surface area contributed by atoms with Crippen molar-refractivity contribution in [2.24, 2.45) is 0 Å². The molecule has 4 aromatic rings. The first-order valence-corrected chi connectivity index (χ1v) is 9.93. The highest BCUT2D eigenvalue weighted by atomic mass is 32.2. The van der Waals surface area contributed by atoms with Crippen LogP contribution in [0.15, 0.2) is 78.1 Å². The minimum absolute atomic E-state index is 0.725. The number of hydrogen-bond donors (Lipinski definition) is 0. The number of pyridine rings is 1. The molecule has 0 unspecified atom stereocenters. The molecular formula is C22H20N4OS. The largest absolute Gasteiger partial charge is 0.497 e. The van der Waals surface area contributed by atoms with Gasteiger partial charge in [0.25, 0.3) is 0 Å². The van der Waals surface area contributed by atoms with Gasteiger partial charge in [-0.2, -0.15) is 0 Å². The number of methoxy groups -OCH3 is 1. The van der Waals surface area contributed by atoms with E-state index < -0.39 is 0 Å². The van der Waals surface area contributed by atoms with E-state index in [1.54, 1.807) is 18.9 Å². The molecule has 2 heterocycles. The standard InChI is InChI=1S/C22H20N4OS/c1-16-9-11-19(12-10-16)26-21(17-6-5-8-20(14-17)27-2)24-25-22(26)28-15-18-7-3-4-13-23-18/h3-14H,15H2,1-2H3. The second-order valence-electron chi connectivity index (χ2n) is 6.32. The van der Waals surface area contributed by atoms with E-state index in [-0.39, 0.29) is 0 Å². The van der Waals surface area contributed by atoms with Gasteiger partial charge in [0.2, 0.25) is 0 Å². The molecule has 28 heavy (non-hydrogen) atoms. The normalized spacial score (nSPS) is 10.8. The van der Waals surface area contributed by atoms with Crippen LogP contribution in [0.4, 0.5) is 0 Å². The number of rotatable bonds is 6. The van der Waals surface area contributed by atoms with Crippen LogP contribution in [0.25, 0.3) is 17.1 Å². The molecule has 0 saturated heterocycles. The van der Waals surface area contributed by atoms with Gasteiger partial charge in [0.05, 0.1) is 12.8 Å². The lowest BCUT2D eigenvalue weighted by Crippen LogP contribution is -2.00. The van der Waals surface area contributed by atoms with E-state index in [1.165, 1.54) is 5.56 Å². The average molecular weight is 388 g/mol. The molecule has 2 aromatic heterocycles. The Morgan fingerprint density at radius 2 is 1.82 bits per heavy atom. The average Bonchev–Trinajstić information content (AvgIpc) is 3.17. The van der Waals surface area contributed by atoms with E-state index in [2.05, 4.69) is 50.9 Å². The molecule has 0 aliphatic rings. The number of benzene rings is 2. The maximum absolute atomic E-state index is 5.38. The molecule has 5 nitrogen and oxygen atoms in total. The third-order valence-corrected chi connectivity index (χ3v) is 5.29. The highest BCUT2D eigenvalue weighted by molar-refractivity contribution is 7.98. The molecule has 0 aliphatic heterocycles. The maximum Gasteiger partial charge on any atom is 0.196 e. The number of hydrogen-bond acceptors (Lipinski definition) is 5. The van der Waals surface area contributed by atoms with Gasteiger partial charge in [0.15, 0.2) is 11.0 Å². The van der Waals surface area contributed by atoms with Gasteiger partial charge in [-0.15, -0.1) is 10.2 Å². The Bertz CT molecular complexity index is 1060. The second-order valence-corrected chi connectivity index (χ2v) is 7.26. The van der Waals surface area contributed by atoms with Crippen LogP contribution in [0.2, 0.25) is 0 Å². The molecule has 0 amide bonds. The smallest absolute Gasteiger partial charge is 0.196 e. The number of thioether (sulfide) groups is 1. The Balaban J connectivity index is 1.75. The van der Waals surface area contributed by atoms with Crippen molar-refractivity contribution in [3.05, 3.63) is 84.2 Å². The van der Waals surface area contributed by atoms with Crippen LogP contribution in [-0.2, 0) is 5.75 Å². The molecule has 0 N–H and O–H groups in total. The van der Waals surface area contributed by atoms with Crippen molar-refractivity contribution in [2.45, 2.75) is 17.8 Å². The SMILES string of the molecule is COc1cccc(-c2nnc(SCc3ccccn3)n2-c2ccc(C)cc2)c1. The fraction of sp³-hybridized carbons (Fsp3) is 0.136. The van der Waals surface area contributed by atoms with Crippen molar-refractivity contribution in [3.8, 4) is 22.8 Å². The summed E-state index contributed by atoms with van der Waals surface area (Å²) in [6, 6.07) is 22.2. The summed E-state index contributed by atoms with van der Waals surface area (Å²) < 4.78 is 7.46. The lowest BCUT2D eigenvalue weighted by Gasteiger charge is -2.11. The van der Waals surface area contributed by atoms with Crippen LogP contribution in [0.1, 0.15) is 11.3 Å². The molecule has 0 radical (unpaired) electrons. The second kappa shape index (κ2) is 8.27. The van der Waals surface area contributed by atoms with E-state index in [4.69, 9.17) is 4.74 Å². The first-order chi connectivity index (χ1) is 13.7. The summed E-state index contributed by atoms with van der Waals surface area (Å²) in [6.07, 6.45) is 1.81. The molecule has 0 spiro atoms. The van der Waals surface area contributed by atoms with E-state index in [0.29, 0.717) is 0 Å². The van der Waals surface area contributed by atoms with Crippen molar-refractivity contribution in [1.29, 1.82) is 0 Å². The summed E-state index contributed by atoms with van der Waals surface area (Å²) in [5, 5.41) is 9.78. The fourth-order valence-electron chi connectivity index (χ4n) is 2.86. The van der Waals surface area contributed by atoms with Crippen molar-refractivity contribution in [3.63, 3.8) is 0 Å². The highest BCUT2D eigenvalue weighted by Crippen LogP contribution is 2.30. The summed E-state index contributed by atoms with van der Waals surface area (Å²) in [4.78, 5) is 4.40. The first-order valence-electron chi connectivity index (χ1n) is 8.94. The Labute approximate surface area is 168 Å². The van der Waals surface area contributed by atoms with Gasteiger partial charge < -0.3 is 4.74 Å². The third-order valence-electron chi connectivity index (χ3n) is 4.33. The molecule has 2 aromatic carbocycles. The van der Waals surface area contributed by atoms with E-state index in [9.17, 15) is 0 Å². The number of nitrogens with zero attached hydrogens (tertiary/aromatic N) is 4. The zero-order valence-corrected chi connectivity index (χ0v) is 16.6. The number of aryl methyl sites for hydroxylation is 1. The zero-order valence-electron chi connectivity index (χ0n) is 15.7. The highest BCUT2D eigenvalue weighted by Gasteiger charge is 2.17. The van der Waals surface area contributed by atoms with Crippen molar-refractivity contribution >= 4 is 11.8 Å². The molecule has 0 fully saturated rings. The van der Waals surface area contributed by atoms with Crippen LogP contribution in [0, 0.1) is 6.92 Å². The predicted octanol–water partition coefficient (Wildman–Crippen LogP) is 4.94. The quantitative estimate of drug-likeness (QED) is 0.438. The van der Waals surface area contributed by atoms with Crippen LogP contribution >= 0.6 is 11.8 Å². The molecular weight excluding hydrogens is 368 g/mol. The fourth-order valence-corrected chi connectivity index (χ4v) is 3.73. The number of aromatic nitrogens is 4. The van der Waals surface area contributed by atoms with Crippen molar-refractivity contribution in [2.75, 3.05) is 7.11 Å². The lowest BCUT2D eigenvalue weighted by atomic mass is 10.2. The minimum Gasteiger partial charge on any atom is -0.497 e. The summed E-state index contributed by atoms with van der Waals surface area (Å²) >= 11 is 1.62. The Hall–Kier alpha value is -3.12. The van der Waals surface area contributed by atoms with E-state index in [1.807, 2.05) is 48.7 Å². The Kier molecular flexibility index (Phi) is 5.39. The van der Waals surface area contributed by atoms with Crippen molar-refractivity contribution < 1.29 is 4.74 Å². The molecule has 4 rings (SSSR count). The minimum atomic E-state index is 0.725. The predicted molar refractivity (Wildman–Crippen MR) is 112 cm³/mol. The van der Waals surface area contributed by atoms with Gasteiger partial charge in [-0.1, -0.05) is 47.7 Å². The van der Waals surface area contributed by atoms with Gasteiger partial charge in [0.1, 0.15) is 5.75 Å². The molecule has 0 aliphatic carbocycles. The molecule has 6 heteroatoms. The third kappa shape index (κ3) is 3.92. The maximum atomic E-state index is 5.38. The molecule has 0 bridgehead atoms. The topological polar surface area (TPSA) is 52.8 Å². The summed E-state index contributed by atoms with van der Waals surface area (Å²) in [7, 11) is 1.66. The zero-order chi connectivity index (χ0) is 19.3. The van der Waals surface area contributed by atoms with Gasteiger partial charge in [0, 0.05) is 23.2 Å². The lowest BCUT2D eigenvalue weighted by molar-refractivity contribution is 0.415.